The molecule has 21 heavy (non-hydrogen) atoms. The van der Waals surface area contributed by atoms with Crippen LogP contribution in [-0.4, -0.2) is 21.5 Å². The van der Waals surface area contributed by atoms with Gasteiger partial charge >= 0.3 is 0 Å². The van der Waals surface area contributed by atoms with Crippen LogP contribution in [0.1, 0.15) is 18.3 Å². The van der Waals surface area contributed by atoms with Crippen LogP contribution in [0.15, 0.2) is 24.3 Å². The number of para-hydroxylation sites is 2. The zero-order chi connectivity index (χ0) is 15.4. The molecule has 0 fully saturated rings. The third-order valence-electron chi connectivity index (χ3n) is 3.18. The Morgan fingerprint density at radius 3 is 2.62 bits per heavy atom. The molecule has 112 valence electrons. The zero-order valence-electron chi connectivity index (χ0n) is 12.7. The van der Waals surface area contributed by atoms with Crippen LogP contribution in [0.2, 0.25) is 0 Å². The smallest absolute Gasteiger partial charge is 0.175 e. The summed E-state index contributed by atoms with van der Waals surface area (Å²) in [6.45, 7) is 6.51. The van der Waals surface area contributed by atoms with Gasteiger partial charge in [0.2, 0.25) is 0 Å². The summed E-state index contributed by atoms with van der Waals surface area (Å²) in [5.41, 5.74) is 3.73. The molecule has 1 aromatic carbocycles. The summed E-state index contributed by atoms with van der Waals surface area (Å²) in [6, 6.07) is 7.72. The highest BCUT2D eigenvalue weighted by Crippen LogP contribution is 2.24. The fourth-order valence-corrected chi connectivity index (χ4v) is 2.28. The molecule has 0 aliphatic carbocycles. The first-order chi connectivity index (χ1) is 10.0. The Bertz CT molecular complexity index is 651. The summed E-state index contributed by atoms with van der Waals surface area (Å²) in [5.74, 6) is 0.781. The van der Waals surface area contributed by atoms with Crippen molar-refractivity contribution in [2.75, 3.05) is 17.2 Å². The quantitative estimate of drug-likeness (QED) is 0.849. The standard InChI is InChI=1S/C15H20N4OS/c1-5-20-13-9-7-6-8-12(13)16-15(21)17-14-10(2)18-19(4)11(14)3/h6-9H,5H2,1-4H3,(H2,16,17,21). The van der Waals surface area contributed by atoms with Gasteiger partial charge in [-0.15, -0.1) is 0 Å². The number of aryl methyl sites for hydroxylation is 2. The summed E-state index contributed by atoms with van der Waals surface area (Å²) in [7, 11) is 1.91. The van der Waals surface area contributed by atoms with Crippen LogP contribution in [0.25, 0.3) is 0 Å². The van der Waals surface area contributed by atoms with Crippen LogP contribution in [0.5, 0.6) is 5.75 Å². The van der Waals surface area contributed by atoms with E-state index in [-0.39, 0.29) is 0 Å². The van der Waals surface area contributed by atoms with Gasteiger partial charge in [-0.2, -0.15) is 5.10 Å². The number of hydrogen-bond acceptors (Lipinski definition) is 3. The molecule has 0 unspecified atom stereocenters. The maximum absolute atomic E-state index is 5.57. The van der Waals surface area contributed by atoms with Crippen LogP contribution >= 0.6 is 12.2 Å². The Morgan fingerprint density at radius 1 is 1.29 bits per heavy atom. The molecule has 2 rings (SSSR count). The van der Waals surface area contributed by atoms with Gasteiger partial charge in [-0.3, -0.25) is 4.68 Å². The average molecular weight is 304 g/mol. The number of anilines is 2. The Hall–Kier alpha value is -2.08. The molecule has 5 nitrogen and oxygen atoms in total. The summed E-state index contributed by atoms with van der Waals surface area (Å²) in [6.07, 6.45) is 0. The number of hydrogen-bond donors (Lipinski definition) is 2. The van der Waals surface area contributed by atoms with Crippen molar-refractivity contribution in [1.82, 2.24) is 9.78 Å². The van der Waals surface area contributed by atoms with Crippen molar-refractivity contribution in [3.63, 3.8) is 0 Å². The molecular formula is C15H20N4OS. The third kappa shape index (κ3) is 3.52. The molecule has 1 heterocycles. The van der Waals surface area contributed by atoms with Crippen LogP contribution in [-0.2, 0) is 7.05 Å². The molecule has 0 saturated carbocycles. The number of nitrogens with zero attached hydrogens (tertiary/aromatic N) is 2. The van der Waals surface area contributed by atoms with E-state index in [1.54, 1.807) is 0 Å². The lowest BCUT2D eigenvalue weighted by Crippen LogP contribution is -2.20. The molecule has 1 aromatic heterocycles. The van der Waals surface area contributed by atoms with Crippen molar-refractivity contribution in [3.8, 4) is 5.75 Å². The first-order valence-corrected chi connectivity index (χ1v) is 7.23. The minimum Gasteiger partial charge on any atom is -0.492 e. The van der Waals surface area contributed by atoms with E-state index < -0.39 is 0 Å². The van der Waals surface area contributed by atoms with E-state index in [4.69, 9.17) is 17.0 Å². The van der Waals surface area contributed by atoms with Crippen LogP contribution in [0.3, 0.4) is 0 Å². The second-order valence-electron chi connectivity index (χ2n) is 4.68. The van der Waals surface area contributed by atoms with Crippen molar-refractivity contribution in [3.05, 3.63) is 35.7 Å². The fourth-order valence-electron chi connectivity index (χ4n) is 2.07. The molecule has 0 bridgehead atoms. The van der Waals surface area contributed by atoms with Crippen molar-refractivity contribution < 1.29 is 4.74 Å². The molecule has 0 spiro atoms. The van der Waals surface area contributed by atoms with Crippen molar-refractivity contribution in [2.45, 2.75) is 20.8 Å². The third-order valence-corrected chi connectivity index (χ3v) is 3.39. The second kappa shape index (κ2) is 6.58. The van der Waals surface area contributed by atoms with Crippen molar-refractivity contribution in [2.24, 2.45) is 7.05 Å². The molecule has 2 N–H and O–H groups in total. The van der Waals surface area contributed by atoms with Gasteiger partial charge in [0.05, 0.1) is 29.4 Å². The van der Waals surface area contributed by atoms with Gasteiger partial charge < -0.3 is 15.4 Å². The van der Waals surface area contributed by atoms with Gasteiger partial charge in [0.25, 0.3) is 0 Å². The van der Waals surface area contributed by atoms with Crippen LogP contribution in [0, 0.1) is 13.8 Å². The summed E-state index contributed by atoms with van der Waals surface area (Å²) in [5, 5.41) is 11.2. The normalized spacial score (nSPS) is 10.3. The van der Waals surface area contributed by atoms with Gasteiger partial charge in [-0.25, -0.2) is 0 Å². The van der Waals surface area contributed by atoms with E-state index in [0.717, 1.165) is 28.5 Å². The first-order valence-electron chi connectivity index (χ1n) is 6.83. The minimum atomic E-state index is 0.515. The van der Waals surface area contributed by atoms with Crippen molar-refractivity contribution in [1.29, 1.82) is 0 Å². The maximum Gasteiger partial charge on any atom is 0.175 e. The number of rotatable bonds is 4. The highest BCUT2D eigenvalue weighted by Gasteiger charge is 2.11. The first kappa shape index (κ1) is 15.3. The molecule has 2 aromatic rings. The summed E-state index contributed by atoms with van der Waals surface area (Å²) < 4.78 is 7.40. The van der Waals surface area contributed by atoms with E-state index in [1.807, 2.05) is 56.8 Å². The highest BCUT2D eigenvalue weighted by atomic mass is 32.1. The molecule has 0 saturated heterocycles. The van der Waals surface area contributed by atoms with Crippen molar-refractivity contribution >= 4 is 28.7 Å². The Morgan fingerprint density at radius 2 is 2.00 bits per heavy atom. The van der Waals surface area contributed by atoms with E-state index >= 15 is 0 Å². The van der Waals surface area contributed by atoms with E-state index in [0.29, 0.717) is 11.7 Å². The second-order valence-corrected chi connectivity index (χ2v) is 5.09. The number of thiocarbonyl (C=S) groups is 1. The lowest BCUT2D eigenvalue weighted by molar-refractivity contribution is 0.342. The molecule has 0 atom stereocenters. The van der Waals surface area contributed by atoms with Crippen LogP contribution in [0.4, 0.5) is 11.4 Å². The Kier molecular flexibility index (Phi) is 4.80. The topological polar surface area (TPSA) is 51.1 Å². The number of benzene rings is 1. The number of ether oxygens (including phenoxy) is 1. The fraction of sp³-hybridized carbons (Fsp3) is 0.333. The predicted molar refractivity (Wildman–Crippen MR) is 90.1 cm³/mol. The van der Waals surface area contributed by atoms with Gasteiger partial charge in [0.1, 0.15) is 5.75 Å². The maximum atomic E-state index is 5.57. The molecule has 6 heteroatoms. The van der Waals surface area contributed by atoms with E-state index in [2.05, 4.69) is 15.7 Å². The Labute approximate surface area is 130 Å². The lowest BCUT2D eigenvalue weighted by Gasteiger charge is -2.14. The van der Waals surface area contributed by atoms with Gasteiger partial charge in [-0.05, 0) is 45.1 Å². The van der Waals surface area contributed by atoms with Gasteiger partial charge in [0, 0.05) is 7.05 Å². The lowest BCUT2D eigenvalue weighted by atomic mass is 10.3. The summed E-state index contributed by atoms with van der Waals surface area (Å²) in [4.78, 5) is 0. The summed E-state index contributed by atoms with van der Waals surface area (Å²) >= 11 is 5.38. The molecule has 0 radical (unpaired) electrons. The molecular weight excluding hydrogens is 284 g/mol. The van der Waals surface area contributed by atoms with Gasteiger partial charge in [-0.1, -0.05) is 12.1 Å². The van der Waals surface area contributed by atoms with E-state index in [1.165, 1.54) is 0 Å². The average Bonchev–Trinajstić information content (AvgIpc) is 2.68. The predicted octanol–water partition coefficient (Wildman–Crippen LogP) is 3.24. The molecule has 0 amide bonds. The highest BCUT2D eigenvalue weighted by molar-refractivity contribution is 7.80. The number of nitrogens with one attached hydrogen (secondary N) is 2. The monoisotopic (exact) mass is 304 g/mol. The largest absolute Gasteiger partial charge is 0.492 e. The number of aromatic nitrogens is 2. The SMILES string of the molecule is CCOc1ccccc1NC(=S)Nc1c(C)nn(C)c1C. The molecule has 0 aliphatic heterocycles. The Balaban J connectivity index is 2.12. The van der Waals surface area contributed by atoms with Crippen LogP contribution < -0.4 is 15.4 Å². The molecule has 0 aliphatic rings. The van der Waals surface area contributed by atoms with E-state index in [9.17, 15) is 0 Å². The zero-order valence-corrected chi connectivity index (χ0v) is 13.5. The van der Waals surface area contributed by atoms with Gasteiger partial charge in [0.15, 0.2) is 5.11 Å². The minimum absolute atomic E-state index is 0.515.